The molecule has 0 aromatic carbocycles. The van der Waals surface area contributed by atoms with Crippen LogP contribution >= 0.6 is 7.82 Å². The molecule has 0 saturated carbocycles. The van der Waals surface area contributed by atoms with Crippen LogP contribution in [0, 0.1) is 0 Å². The number of esters is 2. The highest BCUT2D eigenvalue weighted by atomic mass is 31.2. The summed E-state index contributed by atoms with van der Waals surface area (Å²) in [6, 6.07) is 0. The van der Waals surface area contributed by atoms with Crippen LogP contribution in [0.25, 0.3) is 0 Å². The van der Waals surface area contributed by atoms with Crippen LogP contribution in [-0.4, -0.2) is 74.9 Å². The third kappa shape index (κ3) is 41.9. The summed E-state index contributed by atoms with van der Waals surface area (Å²) in [5.41, 5.74) is 0. The van der Waals surface area contributed by atoms with Gasteiger partial charge >= 0.3 is 19.8 Å². The lowest BCUT2D eigenvalue weighted by Crippen LogP contribution is -2.37. The standard InChI is InChI=1S/C45H86NO8P/c1-6-8-10-12-14-16-17-18-19-20-21-22-23-24-25-26-27-28-29-30-32-33-35-37-44(47)51-41-43(42-53-55(49,50)52-40-39-46(3,4)5)54-45(48)38-36-34-31-15-13-11-9-7-2/h26-27,30,32,43H,6-25,28-29,31,33-42H2,1-5H3/p+1/b27-26+,32-30+/t43-/m0/s1. The van der Waals surface area contributed by atoms with E-state index in [0.717, 1.165) is 38.5 Å². The highest BCUT2D eigenvalue weighted by molar-refractivity contribution is 7.47. The number of carbonyl (C=O) groups excluding carboxylic acids is 2. The van der Waals surface area contributed by atoms with E-state index in [2.05, 4.69) is 38.2 Å². The van der Waals surface area contributed by atoms with Gasteiger partial charge in [-0.2, -0.15) is 0 Å². The van der Waals surface area contributed by atoms with Gasteiger partial charge in [0.1, 0.15) is 19.8 Å². The highest BCUT2D eigenvalue weighted by Crippen LogP contribution is 2.43. The molecule has 324 valence electrons. The van der Waals surface area contributed by atoms with Gasteiger partial charge in [-0.05, 0) is 44.9 Å². The van der Waals surface area contributed by atoms with Crippen molar-refractivity contribution in [3.05, 3.63) is 24.3 Å². The molecule has 0 rings (SSSR count). The molecule has 2 atom stereocenters. The molecule has 0 saturated heterocycles. The van der Waals surface area contributed by atoms with Gasteiger partial charge in [0.2, 0.25) is 0 Å². The van der Waals surface area contributed by atoms with Crippen molar-refractivity contribution in [3.63, 3.8) is 0 Å². The number of phosphoric ester groups is 1. The molecule has 0 aliphatic carbocycles. The largest absolute Gasteiger partial charge is 0.472 e. The van der Waals surface area contributed by atoms with Crippen molar-refractivity contribution >= 4 is 19.8 Å². The zero-order valence-corrected chi connectivity index (χ0v) is 37.3. The van der Waals surface area contributed by atoms with Gasteiger partial charge in [-0.25, -0.2) is 4.57 Å². The predicted octanol–water partition coefficient (Wildman–Crippen LogP) is 12.7. The molecule has 0 aliphatic heterocycles. The number of hydrogen-bond acceptors (Lipinski definition) is 7. The van der Waals surface area contributed by atoms with E-state index in [9.17, 15) is 19.0 Å². The first-order chi connectivity index (χ1) is 26.5. The predicted molar refractivity (Wildman–Crippen MR) is 229 cm³/mol. The summed E-state index contributed by atoms with van der Waals surface area (Å²) in [5, 5.41) is 0. The van der Waals surface area contributed by atoms with Crippen molar-refractivity contribution in [1.29, 1.82) is 0 Å². The first kappa shape index (κ1) is 53.5. The summed E-state index contributed by atoms with van der Waals surface area (Å²) in [7, 11) is 1.46. The molecule has 0 aromatic rings. The smallest absolute Gasteiger partial charge is 0.462 e. The second-order valence-corrected chi connectivity index (χ2v) is 17.9. The van der Waals surface area contributed by atoms with Crippen LogP contribution in [0.15, 0.2) is 24.3 Å². The summed E-state index contributed by atoms with van der Waals surface area (Å²) in [6.07, 6.45) is 41.2. The minimum atomic E-state index is -4.37. The Bertz CT molecular complexity index is 996. The first-order valence-corrected chi connectivity index (χ1v) is 24.1. The van der Waals surface area contributed by atoms with Gasteiger partial charge in [0.15, 0.2) is 6.10 Å². The fourth-order valence-corrected chi connectivity index (χ4v) is 6.89. The lowest BCUT2D eigenvalue weighted by Gasteiger charge is -2.24. The van der Waals surface area contributed by atoms with Gasteiger partial charge in [-0.1, -0.05) is 167 Å². The van der Waals surface area contributed by atoms with Crippen molar-refractivity contribution in [2.45, 2.75) is 206 Å². The van der Waals surface area contributed by atoms with Gasteiger partial charge < -0.3 is 18.9 Å². The molecule has 0 heterocycles. The zero-order valence-electron chi connectivity index (χ0n) is 36.4. The molecular weight excluding hydrogens is 713 g/mol. The van der Waals surface area contributed by atoms with Gasteiger partial charge in [0, 0.05) is 12.8 Å². The maximum Gasteiger partial charge on any atom is 0.472 e. The summed E-state index contributed by atoms with van der Waals surface area (Å²) >= 11 is 0. The van der Waals surface area contributed by atoms with E-state index in [1.54, 1.807) is 0 Å². The van der Waals surface area contributed by atoms with Gasteiger partial charge in [-0.15, -0.1) is 0 Å². The van der Waals surface area contributed by atoms with Crippen LogP contribution in [0.4, 0.5) is 0 Å². The van der Waals surface area contributed by atoms with Crippen LogP contribution < -0.4 is 0 Å². The number of unbranched alkanes of at least 4 members (excludes halogenated alkanes) is 23. The number of hydrogen-bond donors (Lipinski definition) is 1. The molecule has 0 spiro atoms. The Morgan fingerprint density at radius 2 is 0.964 bits per heavy atom. The SMILES string of the molecule is CCCCCCCCCCCCCCCC/C=C/CC/C=C/CCCC(=O)OC[C@@H](COP(=O)(O)OCC[N+](C)(C)C)OC(=O)CCCCCCCCCC. The van der Waals surface area contributed by atoms with Crippen molar-refractivity contribution in [2.75, 3.05) is 47.5 Å². The second-order valence-electron chi connectivity index (χ2n) is 16.4. The quantitative estimate of drug-likeness (QED) is 0.0214. The number of carbonyl (C=O) groups is 2. The highest BCUT2D eigenvalue weighted by Gasteiger charge is 2.27. The fraction of sp³-hybridized carbons (Fsp3) is 0.867. The fourth-order valence-electron chi connectivity index (χ4n) is 6.15. The van der Waals surface area contributed by atoms with E-state index in [1.807, 2.05) is 21.1 Å². The van der Waals surface area contributed by atoms with Crippen LogP contribution in [0.2, 0.25) is 0 Å². The third-order valence-corrected chi connectivity index (χ3v) is 10.7. The second kappa shape index (κ2) is 38.0. The van der Waals surface area contributed by atoms with Gasteiger partial charge in [-0.3, -0.25) is 18.6 Å². The van der Waals surface area contributed by atoms with Gasteiger partial charge in [0.05, 0.1) is 27.7 Å². The van der Waals surface area contributed by atoms with Crippen LogP contribution in [0.1, 0.15) is 200 Å². The lowest BCUT2D eigenvalue weighted by molar-refractivity contribution is -0.870. The number of likely N-dealkylation sites (N-methyl/N-ethyl adjacent to an activating group) is 1. The molecule has 0 fully saturated rings. The molecule has 9 nitrogen and oxygen atoms in total. The van der Waals surface area contributed by atoms with E-state index >= 15 is 0 Å². The number of nitrogens with zero attached hydrogens (tertiary/aromatic N) is 1. The molecular formula is C45H87NO8P+. The van der Waals surface area contributed by atoms with Gasteiger partial charge in [0.25, 0.3) is 0 Å². The maximum absolute atomic E-state index is 12.6. The molecule has 55 heavy (non-hydrogen) atoms. The molecule has 1 N–H and O–H groups in total. The Labute approximate surface area is 339 Å². The van der Waals surface area contributed by atoms with E-state index in [0.29, 0.717) is 23.9 Å². The number of allylic oxidation sites excluding steroid dienone is 4. The Morgan fingerprint density at radius 1 is 0.545 bits per heavy atom. The number of rotatable bonds is 41. The molecule has 0 aliphatic rings. The Kier molecular flexibility index (Phi) is 37.0. The summed E-state index contributed by atoms with van der Waals surface area (Å²) < 4.78 is 34.1. The zero-order chi connectivity index (χ0) is 40.7. The number of ether oxygens (including phenoxy) is 2. The normalized spacial score (nSPS) is 13.8. The number of phosphoric acid groups is 1. The van der Waals surface area contributed by atoms with E-state index in [4.69, 9.17) is 18.5 Å². The third-order valence-electron chi connectivity index (χ3n) is 9.71. The van der Waals surface area contributed by atoms with E-state index in [1.165, 1.54) is 122 Å². The Balaban J connectivity index is 4.20. The van der Waals surface area contributed by atoms with Crippen molar-refractivity contribution in [1.82, 2.24) is 0 Å². The Hall–Kier alpha value is -1.51. The molecule has 0 aromatic heterocycles. The van der Waals surface area contributed by atoms with Crippen molar-refractivity contribution < 1.29 is 42.1 Å². The molecule has 0 bridgehead atoms. The molecule has 10 heteroatoms. The topological polar surface area (TPSA) is 108 Å². The van der Waals surface area contributed by atoms with Crippen LogP contribution in [0.3, 0.4) is 0 Å². The molecule has 1 unspecified atom stereocenters. The first-order valence-electron chi connectivity index (χ1n) is 22.6. The maximum atomic E-state index is 12.6. The Morgan fingerprint density at radius 3 is 1.45 bits per heavy atom. The molecule has 0 amide bonds. The van der Waals surface area contributed by atoms with E-state index < -0.39 is 32.5 Å². The van der Waals surface area contributed by atoms with E-state index in [-0.39, 0.29) is 26.1 Å². The van der Waals surface area contributed by atoms with Crippen molar-refractivity contribution in [2.24, 2.45) is 0 Å². The molecule has 0 radical (unpaired) electrons. The average molecular weight is 801 g/mol. The number of quaternary nitrogens is 1. The van der Waals surface area contributed by atoms with Crippen molar-refractivity contribution in [3.8, 4) is 0 Å². The summed E-state index contributed by atoms with van der Waals surface area (Å²) in [6.45, 7) is 4.35. The lowest BCUT2D eigenvalue weighted by atomic mass is 10.0. The minimum Gasteiger partial charge on any atom is -0.462 e. The van der Waals surface area contributed by atoms with Crippen LogP contribution in [-0.2, 0) is 32.7 Å². The minimum absolute atomic E-state index is 0.0277. The average Bonchev–Trinajstić information content (AvgIpc) is 3.13. The monoisotopic (exact) mass is 801 g/mol. The van der Waals surface area contributed by atoms with Crippen LogP contribution in [0.5, 0.6) is 0 Å². The summed E-state index contributed by atoms with van der Waals surface area (Å²) in [5.74, 6) is -0.848. The summed E-state index contributed by atoms with van der Waals surface area (Å²) in [4.78, 5) is 35.2.